The van der Waals surface area contributed by atoms with Crippen molar-refractivity contribution in [3.63, 3.8) is 0 Å². The zero-order chi connectivity index (χ0) is 14.5. The Morgan fingerprint density at radius 3 is 3.00 bits per heavy atom. The second-order valence-electron chi connectivity index (χ2n) is 5.40. The van der Waals surface area contributed by atoms with Crippen molar-refractivity contribution in [3.8, 4) is 0 Å². The summed E-state index contributed by atoms with van der Waals surface area (Å²) >= 11 is 0. The second-order valence-corrected chi connectivity index (χ2v) is 5.40. The average molecular weight is 288 g/mol. The molecule has 2 heterocycles. The van der Waals surface area contributed by atoms with Crippen LogP contribution in [0.5, 0.6) is 0 Å². The van der Waals surface area contributed by atoms with E-state index < -0.39 is 0 Å². The van der Waals surface area contributed by atoms with Gasteiger partial charge in [-0.05, 0) is 31.2 Å². The summed E-state index contributed by atoms with van der Waals surface area (Å²) < 4.78 is 0. The van der Waals surface area contributed by atoms with Gasteiger partial charge in [0, 0.05) is 31.5 Å². The lowest BCUT2D eigenvalue weighted by atomic mass is 9.94. The number of amides is 1. The van der Waals surface area contributed by atoms with Crippen LogP contribution in [-0.4, -0.2) is 38.1 Å². The van der Waals surface area contributed by atoms with Crippen LogP contribution >= 0.6 is 0 Å². The predicted molar refractivity (Wildman–Crippen MR) is 76.6 cm³/mol. The van der Waals surface area contributed by atoms with Gasteiger partial charge in [0.2, 0.25) is 5.91 Å². The Balaban J connectivity index is 1.42. The van der Waals surface area contributed by atoms with Crippen molar-refractivity contribution in [2.75, 3.05) is 6.54 Å². The molecule has 0 bridgehead atoms. The molecular formula is C14H20N6O. The molecule has 7 nitrogen and oxygen atoms in total. The van der Waals surface area contributed by atoms with E-state index in [-0.39, 0.29) is 5.91 Å². The molecule has 112 valence electrons. The lowest BCUT2D eigenvalue weighted by Gasteiger charge is -2.11. The molecule has 0 atom stereocenters. The van der Waals surface area contributed by atoms with Gasteiger partial charge in [-0.25, -0.2) is 0 Å². The lowest BCUT2D eigenvalue weighted by molar-refractivity contribution is -0.121. The van der Waals surface area contributed by atoms with Crippen molar-refractivity contribution >= 4 is 5.91 Å². The van der Waals surface area contributed by atoms with E-state index in [1.807, 2.05) is 0 Å². The molecule has 3 N–H and O–H groups in total. The van der Waals surface area contributed by atoms with Crippen molar-refractivity contribution in [2.24, 2.45) is 0 Å². The maximum absolute atomic E-state index is 11.8. The minimum atomic E-state index is 0.0612. The summed E-state index contributed by atoms with van der Waals surface area (Å²) in [5.41, 5.74) is 4.53. The molecule has 3 rings (SSSR count). The molecule has 0 saturated carbocycles. The largest absolute Gasteiger partial charge is 0.356 e. The van der Waals surface area contributed by atoms with Crippen LogP contribution < -0.4 is 5.32 Å². The summed E-state index contributed by atoms with van der Waals surface area (Å²) in [7, 11) is 0. The van der Waals surface area contributed by atoms with Gasteiger partial charge in [0.15, 0.2) is 0 Å². The molecule has 7 heteroatoms. The van der Waals surface area contributed by atoms with E-state index in [4.69, 9.17) is 0 Å². The van der Waals surface area contributed by atoms with Crippen LogP contribution in [0.25, 0.3) is 0 Å². The number of nitrogens with one attached hydrogen (secondary N) is 3. The van der Waals surface area contributed by atoms with E-state index in [0.29, 0.717) is 25.8 Å². The molecule has 0 radical (unpaired) electrons. The van der Waals surface area contributed by atoms with Gasteiger partial charge < -0.3 is 5.32 Å². The number of carbonyl (C=O) groups excluding carboxylic acids is 1. The Bertz CT molecular complexity index is 589. The first-order chi connectivity index (χ1) is 10.3. The van der Waals surface area contributed by atoms with Crippen molar-refractivity contribution in [1.29, 1.82) is 0 Å². The van der Waals surface area contributed by atoms with Gasteiger partial charge >= 0.3 is 0 Å². The highest BCUT2D eigenvalue weighted by atomic mass is 16.1. The Labute approximate surface area is 122 Å². The Hall–Kier alpha value is -2.18. The fourth-order valence-electron chi connectivity index (χ4n) is 2.75. The average Bonchev–Trinajstić information content (AvgIpc) is 3.14. The fourth-order valence-corrected chi connectivity index (χ4v) is 2.75. The molecule has 0 saturated heterocycles. The first kappa shape index (κ1) is 13.8. The molecule has 1 amide bonds. The molecule has 2 aromatic rings. The van der Waals surface area contributed by atoms with Crippen molar-refractivity contribution in [3.05, 3.63) is 28.8 Å². The van der Waals surface area contributed by atoms with Crippen molar-refractivity contribution in [1.82, 2.24) is 30.9 Å². The van der Waals surface area contributed by atoms with Crippen LogP contribution in [0.1, 0.15) is 41.9 Å². The van der Waals surface area contributed by atoms with E-state index in [1.54, 1.807) is 6.20 Å². The quantitative estimate of drug-likeness (QED) is 0.728. The number of carbonyl (C=O) groups is 1. The number of rotatable bonds is 6. The van der Waals surface area contributed by atoms with Gasteiger partial charge in [0.1, 0.15) is 0 Å². The standard InChI is InChI=1S/C14H20N6O/c21-14(15-8-7-10-9-16-20-17-10)6-5-13-11-3-1-2-4-12(11)18-19-13/h9H,1-8H2,(H,15,21)(H,18,19)(H,16,17,20). The highest BCUT2D eigenvalue weighted by Crippen LogP contribution is 2.22. The third kappa shape index (κ3) is 3.48. The number of fused-ring (bicyclic) bond motifs is 1. The van der Waals surface area contributed by atoms with Gasteiger partial charge in [-0.3, -0.25) is 9.89 Å². The number of aromatic amines is 2. The minimum absolute atomic E-state index is 0.0612. The molecule has 0 spiro atoms. The molecule has 1 aliphatic rings. The number of nitrogens with zero attached hydrogens (tertiary/aromatic N) is 3. The van der Waals surface area contributed by atoms with Crippen LogP contribution in [0.3, 0.4) is 0 Å². The normalized spacial score (nSPS) is 13.9. The number of aromatic nitrogens is 5. The predicted octanol–water partition coefficient (Wildman–Crippen LogP) is 0.698. The molecule has 0 unspecified atom stereocenters. The molecule has 1 aliphatic carbocycles. The maximum atomic E-state index is 11.8. The monoisotopic (exact) mass is 288 g/mol. The summed E-state index contributed by atoms with van der Waals surface area (Å²) in [6.45, 7) is 0.587. The molecule has 2 aromatic heterocycles. The second kappa shape index (κ2) is 6.51. The molecule has 0 aliphatic heterocycles. The molecule has 21 heavy (non-hydrogen) atoms. The Kier molecular flexibility index (Phi) is 4.28. The topological polar surface area (TPSA) is 99.4 Å². The lowest BCUT2D eigenvalue weighted by Crippen LogP contribution is -2.26. The van der Waals surface area contributed by atoms with Crippen LogP contribution in [0.15, 0.2) is 6.20 Å². The third-order valence-electron chi connectivity index (χ3n) is 3.90. The van der Waals surface area contributed by atoms with Crippen LogP contribution in [0.2, 0.25) is 0 Å². The summed E-state index contributed by atoms with van der Waals surface area (Å²) in [5.74, 6) is 0.0612. The van der Waals surface area contributed by atoms with Crippen LogP contribution in [0.4, 0.5) is 0 Å². The van der Waals surface area contributed by atoms with Gasteiger partial charge in [-0.2, -0.15) is 20.5 Å². The van der Waals surface area contributed by atoms with Gasteiger partial charge in [0.05, 0.1) is 17.6 Å². The van der Waals surface area contributed by atoms with Crippen LogP contribution in [0, 0.1) is 0 Å². The highest BCUT2D eigenvalue weighted by Gasteiger charge is 2.17. The molecule has 0 aromatic carbocycles. The van der Waals surface area contributed by atoms with E-state index in [0.717, 1.165) is 24.2 Å². The zero-order valence-corrected chi connectivity index (χ0v) is 12.0. The zero-order valence-electron chi connectivity index (χ0n) is 12.0. The summed E-state index contributed by atoms with van der Waals surface area (Å²) in [5, 5.41) is 20.6. The van der Waals surface area contributed by atoms with Crippen LogP contribution in [-0.2, 0) is 30.5 Å². The minimum Gasteiger partial charge on any atom is -0.356 e. The van der Waals surface area contributed by atoms with E-state index in [9.17, 15) is 4.79 Å². The van der Waals surface area contributed by atoms with Gasteiger partial charge in [0.25, 0.3) is 0 Å². The smallest absolute Gasteiger partial charge is 0.220 e. The number of H-pyrrole nitrogens is 2. The number of hydrogen-bond acceptors (Lipinski definition) is 4. The van der Waals surface area contributed by atoms with Crippen molar-refractivity contribution < 1.29 is 4.79 Å². The summed E-state index contributed by atoms with van der Waals surface area (Å²) in [6, 6.07) is 0. The van der Waals surface area contributed by atoms with E-state index >= 15 is 0 Å². The first-order valence-electron chi connectivity index (χ1n) is 7.49. The SMILES string of the molecule is O=C(CCc1n[nH]c2c1CCCC2)NCCc1cn[nH]n1. The number of aryl methyl sites for hydroxylation is 2. The van der Waals surface area contributed by atoms with Gasteiger partial charge in [-0.15, -0.1) is 0 Å². The molecule has 0 fully saturated rings. The summed E-state index contributed by atoms with van der Waals surface area (Å²) in [6.07, 6.45) is 8.20. The van der Waals surface area contributed by atoms with Gasteiger partial charge in [-0.1, -0.05) is 0 Å². The maximum Gasteiger partial charge on any atom is 0.220 e. The van der Waals surface area contributed by atoms with Crippen molar-refractivity contribution in [2.45, 2.75) is 44.9 Å². The highest BCUT2D eigenvalue weighted by molar-refractivity contribution is 5.76. The Morgan fingerprint density at radius 1 is 1.24 bits per heavy atom. The fraction of sp³-hybridized carbons (Fsp3) is 0.571. The molecular weight excluding hydrogens is 268 g/mol. The van der Waals surface area contributed by atoms with E-state index in [1.165, 1.54) is 24.1 Å². The van der Waals surface area contributed by atoms with E-state index in [2.05, 4.69) is 30.9 Å². The Morgan fingerprint density at radius 2 is 2.14 bits per heavy atom. The third-order valence-corrected chi connectivity index (χ3v) is 3.90. The number of hydrogen-bond donors (Lipinski definition) is 3. The summed E-state index contributed by atoms with van der Waals surface area (Å²) in [4.78, 5) is 11.8. The first-order valence-corrected chi connectivity index (χ1v) is 7.49.